The zero-order valence-electron chi connectivity index (χ0n) is 10.7. The maximum Gasteiger partial charge on any atom is 0.124 e. The van der Waals surface area contributed by atoms with Crippen LogP contribution in [0.15, 0.2) is 24.3 Å². The van der Waals surface area contributed by atoms with Crippen LogP contribution in [0.1, 0.15) is 31.6 Å². The Morgan fingerprint density at radius 2 is 2.06 bits per heavy atom. The summed E-state index contributed by atoms with van der Waals surface area (Å²) >= 11 is 0. The summed E-state index contributed by atoms with van der Waals surface area (Å²) in [5.74, 6) is 1.04. The van der Waals surface area contributed by atoms with Crippen molar-refractivity contribution in [3.8, 4) is 0 Å². The Morgan fingerprint density at radius 1 is 1.28 bits per heavy atom. The van der Waals surface area contributed by atoms with Crippen LogP contribution in [0.3, 0.4) is 0 Å². The van der Waals surface area contributed by atoms with E-state index in [0.29, 0.717) is 6.04 Å². The van der Waals surface area contributed by atoms with Crippen molar-refractivity contribution < 1.29 is 0 Å². The summed E-state index contributed by atoms with van der Waals surface area (Å²) < 4.78 is 0. The van der Waals surface area contributed by atoms with E-state index in [4.69, 9.17) is 0 Å². The first-order valence-corrected chi connectivity index (χ1v) is 6.74. The van der Waals surface area contributed by atoms with Gasteiger partial charge >= 0.3 is 0 Å². The molecule has 3 rings (SSSR count). The van der Waals surface area contributed by atoms with Crippen molar-refractivity contribution in [2.75, 3.05) is 13.1 Å². The Hall–Kier alpha value is -1.39. The van der Waals surface area contributed by atoms with Gasteiger partial charge in [-0.3, -0.25) is 0 Å². The van der Waals surface area contributed by atoms with Crippen LogP contribution in [0.4, 0.5) is 0 Å². The number of nitrogens with one attached hydrogen (secondary N) is 3. The normalized spacial score (nSPS) is 19.2. The minimum absolute atomic E-state index is 0.278. The first-order valence-electron chi connectivity index (χ1n) is 6.74. The van der Waals surface area contributed by atoms with E-state index in [2.05, 4.69) is 33.6 Å². The van der Waals surface area contributed by atoms with Gasteiger partial charge in [0.15, 0.2) is 0 Å². The third-order valence-electron chi connectivity index (χ3n) is 3.64. The van der Waals surface area contributed by atoms with Crippen LogP contribution in [0, 0.1) is 0 Å². The number of aromatic nitrogens is 2. The minimum atomic E-state index is 0.278. The molecule has 4 heteroatoms. The predicted molar refractivity (Wildman–Crippen MR) is 73.5 cm³/mol. The summed E-state index contributed by atoms with van der Waals surface area (Å²) in [6, 6.07) is 9.07. The minimum Gasteiger partial charge on any atom is -0.341 e. The average molecular weight is 244 g/mol. The van der Waals surface area contributed by atoms with E-state index in [9.17, 15) is 0 Å². The smallest absolute Gasteiger partial charge is 0.124 e. The van der Waals surface area contributed by atoms with Crippen LogP contribution in [0.2, 0.25) is 0 Å². The molecule has 2 heterocycles. The van der Waals surface area contributed by atoms with Gasteiger partial charge in [0.1, 0.15) is 5.82 Å². The molecule has 0 amide bonds. The van der Waals surface area contributed by atoms with Gasteiger partial charge < -0.3 is 15.6 Å². The largest absolute Gasteiger partial charge is 0.341 e. The van der Waals surface area contributed by atoms with E-state index >= 15 is 0 Å². The number of benzene rings is 1. The van der Waals surface area contributed by atoms with Crippen LogP contribution in [0.5, 0.6) is 0 Å². The van der Waals surface area contributed by atoms with E-state index in [1.54, 1.807) is 0 Å². The number of hydrogen-bond donors (Lipinski definition) is 3. The van der Waals surface area contributed by atoms with Gasteiger partial charge in [-0.15, -0.1) is 0 Å². The second-order valence-corrected chi connectivity index (χ2v) is 5.05. The van der Waals surface area contributed by atoms with E-state index in [-0.39, 0.29) is 6.04 Å². The molecular weight excluding hydrogens is 224 g/mol. The van der Waals surface area contributed by atoms with Gasteiger partial charge in [-0.2, -0.15) is 0 Å². The summed E-state index contributed by atoms with van der Waals surface area (Å²) in [5.41, 5.74) is 2.16. The molecule has 0 aliphatic carbocycles. The Kier molecular flexibility index (Phi) is 3.30. The van der Waals surface area contributed by atoms with E-state index in [1.165, 1.54) is 12.8 Å². The molecule has 0 radical (unpaired) electrons. The maximum absolute atomic E-state index is 4.64. The highest BCUT2D eigenvalue weighted by Gasteiger charge is 2.17. The molecule has 1 aliphatic rings. The molecule has 1 aromatic carbocycles. The van der Waals surface area contributed by atoms with Gasteiger partial charge in [-0.1, -0.05) is 12.1 Å². The molecule has 0 spiro atoms. The number of fused-ring (bicyclic) bond motifs is 1. The molecule has 1 aromatic heterocycles. The van der Waals surface area contributed by atoms with Crippen molar-refractivity contribution in [2.24, 2.45) is 0 Å². The number of para-hydroxylation sites is 2. The molecule has 0 bridgehead atoms. The third kappa shape index (κ3) is 2.40. The van der Waals surface area contributed by atoms with E-state index in [1.807, 2.05) is 18.2 Å². The molecule has 1 saturated heterocycles. The molecule has 2 aromatic rings. The van der Waals surface area contributed by atoms with Crippen LogP contribution in [-0.4, -0.2) is 29.1 Å². The van der Waals surface area contributed by atoms with Gasteiger partial charge in [-0.25, -0.2) is 4.98 Å². The molecular formula is C14H20N4. The molecule has 1 fully saturated rings. The van der Waals surface area contributed by atoms with Crippen molar-refractivity contribution in [1.29, 1.82) is 0 Å². The fourth-order valence-electron chi connectivity index (χ4n) is 2.60. The van der Waals surface area contributed by atoms with Crippen LogP contribution in [-0.2, 0) is 0 Å². The lowest BCUT2D eigenvalue weighted by Crippen LogP contribution is -2.41. The van der Waals surface area contributed by atoms with Crippen molar-refractivity contribution in [1.82, 2.24) is 20.6 Å². The Bertz CT molecular complexity index is 480. The molecule has 1 aliphatic heterocycles. The monoisotopic (exact) mass is 244 g/mol. The quantitative estimate of drug-likeness (QED) is 0.773. The fourth-order valence-corrected chi connectivity index (χ4v) is 2.60. The SMILES string of the molecule is CC(NC1CCNCC1)c1nc2ccccc2[nH]1. The molecule has 1 atom stereocenters. The van der Waals surface area contributed by atoms with Gasteiger partial charge in [0.2, 0.25) is 0 Å². The lowest BCUT2D eigenvalue weighted by molar-refractivity contribution is 0.354. The Balaban J connectivity index is 1.72. The number of nitrogens with zero attached hydrogens (tertiary/aromatic N) is 1. The molecule has 3 N–H and O–H groups in total. The lowest BCUT2D eigenvalue weighted by Gasteiger charge is -2.26. The van der Waals surface area contributed by atoms with Gasteiger partial charge in [0.05, 0.1) is 17.1 Å². The highest BCUT2D eigenvalue weighted by Crippen LogP contribution is 2.17. The first-order chi connectivity index (χ1) is 8.83. The number of H-pyrrole nitrogens is 1. The van der Waals surface area contributed by atoms with Crippen molar-refractivity contribution >= 4 is 11.0 Å². The fraction of sp³-hybridized carbons (Fsp3) is 0.500. The maximum atomic E-state index is 4.64. The van der Waals surface area contributed by atoms with Gasteiger partial charge in [0.25, 0.3) is 0 Å². The number of aromatic amines is 1. The first kappa shape index (κ1) is 11.7. The topological polar surface area (TPSA) is 52.7 Å². The standard InChI is InChI=1S/C14H20N4/c1-10(16-11-6-8-15-9-7-11)14-17-12-4-2-3-5-13(12)18-14/h2-5,10-11,15-16H,6-9H2,1H3,(H,17,18). The average Bonchev–Trinajstić information content (AvgIpc) is 2.84. The summed E-state index contributed by atoms with van der Waals surface area (Å²) in [5, 5.41) is 7.05. The highest BCUT2D eigenvalue weighted by atomic mass is 15.0. The van der Waals surface area contributed by atoms with Crippen LogP contribution >= 0.6 is 0 Å². The molecule has 18 heavy (non-hydrogen) atoms. The van der Waals surface area contributed by atoms with Gasteiger partial charge in [0, 0.05) is 6.04 Å². The number of rotatable bonds is 3. The zero-order valence-corrected chi connectivity index (χ0v) is 10.7. The second-order valence-electron chi connectivity index (χ2n) is 5.05. The van der Waals surface area contributed by atoms with Crippen LogP contribution < -0.4 is 10.6 Å². The van der Waals surface area contributed by atoms with Crippen LogP contribution in [0.25, 0.3) is 11.0 Å². The van der Waals surface area contributed by atoms with E-state index < -0.39 is 0 Å². The molecule has 0 saturated carbocycles. The van der Waals surface area contributed by atoms with Crippen molar-refractivity contribution in [2.45, 2.75) is 31.8 Å². The second kappa shape index (κ2) is 5.08. The summed E-state index contributed by atoms with van der Waals surface area (Å²) in [7, 11) is 0. The molecule has 96 valence electrons. The zero-order chi connectivity index (χ0) is 12.4. The van der Waals surface area contributed by atoms with Crippen molar-refractivity contribution in [3.05, 3.63) is 30.1 Å². The molecule has 4 nitrogen and oxygen atoms in total. The number of imidazole rings is 1. The van der Waals surface area contributed by atoms with E-state index in [0.717, 1.165) is 29.9 Å². The number of piperidine rings is 1. The highest BCUT2D eigenvalue weighted by molar-refractivity contribution is 5.74. The Morgan fingerprint density at radius 3 is 2.83 bits per heavy atom. The predicted octanol–water partition coefficient (Wildman–Crippen LogP) is 1.97. The van der Waals surface area contributed by atoms with Crippen molar-refractivity contribution in [3.63, 3.8) is 0 Å². The molecule has 1 unspecified atom stereocenters. The lowest BCUT2D eigenvalue weighted by atomic mass is 10.1. The number of hydrogen-bond acceptors (Lipinski definition) is 3. The summed E-state index contributed by atoms with van der Waals surface area (Å²) in [6.45, 7) is 4.41. The third-order valence-corrected chi connectivity index (χ3v) is 3.64. The Labute approximate surface area is 107 Å². The van der Waals surface area contributed by atoms with Gasteiger partial charge in [-0.05, 0) is 45.0 Å². The summed E-state index contributed by atoms with van der Waals surface area (Å²) in [4.78, 5) is 8.04. The summed E-state index contributed by atoms with van der Waals surface area (Å²) in [6.07, 6.45) is 2.40.